The summed E-state index contributed by atoms with van der Waals surface area (Å²) in [4.78, 5) is 0. The summed E-state index contributed by atoms with van der Waals surface area (Å²) in [6, 6.07) is 8.34. The molecule has 0 aliphatic heterocycles. The Morgan fingerprint density at radius 1 is 0.950 bits per heavy atom. The molecule has 0 unspecified atom stereocenters. The van der Waals surface area contributed by atoms with Crippen LogP contribution in [0.15, 0.2) is 24.3 Å². The Hall–Kier alpha value is -1.02. The number of para-hydroxylation sites is 1. The van der Waals surface area contributed by atoms with Crippen LogP contribution in [0.3, 0.4) is 0 Å². The number of rotatable bonds is 6. The lowest BCUT2D eigenvalue weighted by molar-refractivity contribution is 0.297. The van der Waals surface area contributed by atoms with Gasteiger partial charge in [-0.3, -0.25) is 0 Å². The highest BCUT2D eigenvalue weighted by atomic mass is 16.5. The smallest absolute Gasteiger partial charge is 0.123 e. The fourth-order valence-electron chi connectivity index (χ4n) is 2.03. The fraction of sp³-hybridized carbons (Fsp3) is 0.667. The molecule has 1 aromatic carbocycles. The molecule has 114 valence electrons. The third-order valence-electron chi connectivity index (χ3n) is 3.28. The molecule has 0 atom stereocenters. The minimum atomic E-state index is 0.121. The normalized spacial score (nSPS) is 12.5. The van der Waals surface area contributed by atoms with Crippen molar-refractivity contribution < 1.29 is 4.74 Å². The number of hydrogen-bond donors (Lipinski definition) is 1. The first kappa shape index (κ1) is 17.0. The van der Waals surface area contributed by atoms with E-state index in [1.165, 1.54) is 12.0 Å². The second-order valence-corrected chi connectivity index (χ2v) is 7.66. The van der Waals surface area contributed by atoms with E-state index >= 15 is 0 Å². The number of nitrogens with one attached hydrogen (secondary N) is 1. The number of ether oxygens (including phenoxy) is 1. The minimum Gasteiger partial charge on any atom is -0.492 e. The molecule has 0 aliphatic rings. The summed E-state index contributed by atoms with van der Waals surface area (Å²) in [5.74, 6) is 1.01. The maximum atomic E-state index is 5.93. The van der Waals surface area contributed by atoms with Crippen LogP contribution in [0.5, 0.6) is 5.75 Å². The topological polar surface area (TPSA) is 21.3 Å². The van der Waals surface area contributed by atoms with Crippen molar-refractivity contribution in [3.8, 4) is 5.75 Å². The second kappa shape index (κ2) is 7.12. The predicted molar refractivity (Wildman–Crippen MR) is 87.6 cm³/mol. The van der Waals surface area contributed by atoms with Crippen LogP contribution in [0.1, 0.15) is 53.5 Å². The highest BCUT2D eigenvalue weighted by Crippen LogP contribution is 2.30. The van der Waals surface area contributed by atoms with Crippen molar-refractivity contribution in [2.75, 3.05) is 19.7 Å². The molecule has 2 heteroatoms. The molecule has 0 fully saturated rings. The average molecular weight is 277 g/mol. The lowest BCUT2D eigenvalue weighted by atomic mass is 9.86. The molecule has 0 radical (unpaired) electrons. The van der Waals surface area contributed by atoms with Gasteiger partial charge in [0.2, 0.25) is 0 Å². The molecule has 1 rings (SSSR count). The zero-order valence-electron chi connectivity index (χ0n) is 14.0. The fourth-order valence-corrected chi connectivity index (χ4v) is 2.03. The van der Waals surface area contributed by atoms with Crippen molar-refractivity contribution in [1.29, 1.82) is 0 Å². The van der Waals surface area contributed by atoms with Crippen molar-refractivity contribution in [2.45, 2.75) is 53.4 Å². The standard InChI is InChI=1S/C18H31NO/c1-17(2,3)11-12-19-13-14-20-16-10-8-7-9-15(16)18(4,5)6/h7-10,19H,11-14H2,1-6H3. The molecule has 1 N–H and O–H groups in total. The molecule has 0 heterocycles. The summed E-state index contributed by atoms with van der Waals surface area (Å²) in [5, 5.41) is 3.45. The van der Waals surface area contributed by atoms with Gasteiger partial charge in [0.25, 0.3) is 0 Å². The van der Waals surface area contributed by atoms with Gasteiger partial charge in [-0.05, 0) is 35.4 Å². The summed E-state index contributed by atoms with van der Waals surface area (Å²) >= 11 is 0. The first-order valence-electron chi connectivity index (χ1n) is 7.63. The first-order valence-corrected chi connectivity index (χ1v) is 7.63. The van der Waals surface area contributed by atoms with Crippen LogP contribution in [-0.4, -0.2) is 19.7 Å². The summed E-state index contributed by atoms with van der Waals surface area (Å²) < 4.78 is 5.93. The van der Waals surface area contributed by atoms with Crippen LogP contribution < -0.4 is 10.1 Å². The van der Waals surface area contributed by atoms with E-state index in [4.69, 9.17) is 4.74 Å². The zero-order valence-corrected chi connectivity index (χ0v) is 14.0. The quantitative estimate of drug-likeness (QED) is 0.779. The molecular formula is C18H31NO. The van der Waals surface area contributed by atoms with Crippen LogP contribution in [-0.2, 0) is 5.41 Å². The number of hydrogen-bond acceptors (Lipinski definition) is 2. The molecule has 1 aromatic rings. The Labute approximate surface area is 124 Å². The van der Waals surface area contributed by atoms with Gasteiger partial charge in [-0.15, -0.1) is 0 Å². The molecule has 0 saturated carbocycles. The maximum absolute atomic E-state index is 5.93. The molecular weight excluding hydrogens is 246 g/mol. The molecule has 0 aliphatic carbocycles. The lowest BCUT2D eigenvalue weighted by Gasteiger charge is -2.23. The Balaban J connectivity index is 2.36. The summed E-state index contributed by atoms with van der Waals surface area (Å²) in [7, 11) is 0. The molecule has 0 spiro atoms. The van der Waals surface area contributed by atoms with Gasteiger partial charge in [-0.25, -0.2) is 0 Å². The second-order valence-electron chi connectivity index (χ2n) is 7.66. The van der Waals surface area contributed by atoms with Gasteiger partial charge >= 0.3 is 0 Å². The largest absolute Gasteiger partial charge is 0.492 e. The van der Waals surface area contributed by atoms with E-state index in [2.05, 4.69) is 65.1 Å². The van der Waals surface area contributed by atoms with Gasteiger partial charge < -0.3 is 10.1 Å². The maximum Gasteiger partial charge on any atom is 0.123 e. The third kappa shape index (κ3) is 6.42. The summed E-state index contributed by atoms with van der Waals surface area (Å²) in [6.45, 7) is 16.1. The molecule has 0 amide bonds. The third-order valence-corrected chi connectivity index (χ3v) is 3.28. The van der Waals surface area contributed by atoms with E-state index < -0.39 is 0 Å². The van der Waals surface area contributed by atoms with Crippen molar-refractivity contribution >= 4 is 0 Å². The molecule has 0 aromatic heterocycles. The van der Waals surface area contributed by atoms with Crippen LogP contribution in [0, 0.1) is 5.41 Å². The molecule has 20 heavy (non-hydrogen) atoms. The monoisotopic (exact) mass is 277 g/mol. The van der Waals surface area contributed by atoms with Gasteiger partial charge in [0, 0.05) is 6.54 Å². The van der Waals surface area contributed by atoms with Crippen molar-refractivity contribution in [2.24, 2.45) is 5.41 Å². The SMILES string of the molecule is CC(C)(C)CCNCCOc1ccccc1C(C)(C)C. The van der Waals surface area contributed by atoms with Gasteiger partial charge in [0.15, 0.2) is 0 Å². The van der Waals surface area contributed by atoms with E-state index in [-0.39, 0.29) is 5.41 Å². The Morgan fingerprint density at radius 3 is 2.20 bits per heavy atom. The van der Waals surface area contributed by atoms with Gasteiger partial charge in [0.05, 0.1) is 0 Å². The van der Waals surface area contributed by atoms with E-state index in [1.54, 1.807) is 0 Å². The highest BCUT2D eigenvalue weighted by Gasteiger charge is 2.18. The van der Waals surface area contributed by atoms with Crippen molar-refractivity contribution in [1.82, 2.24) is 5.32 Å². The van der Waals surface area contributed by atoms with Crippen molar-refractivity contribution in [3.63, 3.8) is 0 Å². The molecule has 0 saturated heterocycles. The van der Waals surface area contributed by atoms with Gasteiger partial charge in [-0.1, -0.05) is 59.7 Å². The van der Waals surface area contributed by atoms with Crippen LogP contribution in [0.2, 0.25) is 0 Å². The predicted octanol–water partition coefficient (Wildman–Crippen LogP) is 4.39. The van der Waals surface area contributed by atoms with E-state index in [0.717, 1.165) is 25.4 Å². The summed E-state index contributed by atoms with van der Waals surface area (Å²) in [6.07, 6.45) is 1.19. The van der Waals surface area contributed by atoms with Crippen LogP contribution in [0.4, 0.5) is 0 Å². The zero-order chi connectivity index (χ0) is 15.2. The average Bonchev–Trinajstić information content (AvgIpc) is 2.31. The Bertz CT molecular complexity index is 399. The van der Waals surface area contributed by atoms with Gasteiger partial charge in [0.1, 0.15) is 12.4 Å². The highest BCUT2D eigenvalue weighted by molar-refractivity contribution is 5.38. The first-order chi connectivity index (χ1) is 9.20. The van der Waals surface area contributed by atoms with Crippen molar-refractivity contribution in [3.05, 3.63) is 29.8 Å². The minimum absolute atomic E-state index is 0.121. The van der Waals surface area contributed by atoms with Gasteiger partial charge in [-0.2, -0.15) is 0 Å². The van der Waals surface area contributed by atoms with Crippen LogP contribution in [0.25, 0.3) is 0 Å². The van der Waals surface area contributed by atoms with E-state index in [9.17, 15) is 0 Å². The molecule has 2 nitrogen and oxygen atoms in total. The summed E-state index contributed by atoms with van der Waals surface area (Å²) in [5.41, 5.74) is 1.79. The molecule has 0 bridgehead atoms. The number of benzene rings is 1. The van der Waals surface area contributed by atoms with E-state index in [1.807, 2.05) is 6.07 Å². The Kier molecular flexibility index (Phi) is 6.07. The van der Waals surface area contributed by atoms with Crippen LogP contribution >= 0.6 is 0 Å². The Morgan fingerprint density at radius 2 is 1.60 bits per heavy atom. The van der Waals surface area contributed by atoms with E-state index in [0.29, 0.717) is 5.41 Å². The lowest BCUT2D eigenvalue weighted by Crippen LogP contribution is -2.25.